The van der Waals surface area contributed by atoms with Gasteiger partial charge in [-0.05, 0) is 45.1 Å². The standard InChI is InChI=1S/C23H32F3N3O7S/c1-14-12-17(28-37(2,31)32)18-13-35-16-6-4-15(5-7-16)21-19(36-23(24,25)26)8-9-20(27-21)33-10-3-11-34-22(30)29(14)18/h8-9,14-18,28H,3-7,10-13H2,1-2H3/t14-,15?,16?,17+,18+/m1/s1. The Kier molecular flexibility index (Phi) is 8.38. The number of nitrogens with zero attached hydrogens (tertiary/aromatic N) is 2. The molecule has 4 bridgehead atoms. The maximum atomic E-state index is 13.0. The first-order valence-electron chi connectivity index (χ1n) is 12.3. The minimum absolute atomic E-state index is 0.0349. The van der Waals surface area contributed by atoms with E-state index in [4.69, 9.17) is 14.2 Å². The Hall–Kier alpha value is -2.32. The van der Waals surface area contributed by atoms with Gasteiger partial charge in [-0.2, -0.15) is 0 Å². The molecule has 1 saturated heterocycles. The molecule has 4 heterocycles. The molecule has 1 aliphatic carbocycles. The minimum Gasteiger partial charge on any atom is -0.478 e. The fourth-order valence-corrected chi connectivity index (χ4v) is 6.11. The Morgan fingerprint density at radius 3 is 2.51 bits per heavy atom. The van der Waals surface area contributed by atoms with Gasteiger partial charge in [0.05, 0.1) is 43.9 Å². The number of rotatable bonds is 3. The van der Waals surface area contributed by atoms with Gasteiger partial charge in [0.25, 0.3) is 0 Å². The van der Waals surface area contributed by atoms with E-state index in [1.165, 1.54) is 17.0 Å². The van der Waals surface area contributed by atoms with Gasteiger partial charge in [-0.1, -0.05) is 0 Å². The molecule has 208 valence electrons. The second kappa shape index (κ2) is 11.2. The molecule has 3 atom stereocenters. The molecule has 10 nitrogen and oxygen atoms in total. The van der Waals surface area contributed by atoms with Crippen molar-refractivity contribution in [3.8, 4) is 11.6 Å². The van der Waals surface area contributed by atoms with Crippen LogP contribution in [0.5, 0.6) is 11.6 Å². The molecular weight excluding hydrogens is 519 g/mol. The molecule has 1 N–H and O–H groups in total. The third-order valence-electron chi connectivity index (χ3n) is 6.88. The van der Waals surface area contributed by atoms with Crippen LogP contribution < -0.4 is 14.2 Å². The number of alkyl halides is 3. The van der Waals surface area contributed by atoms with E-state index < -0.39 is 34.6 Å². The van der Waals surface area contributed by atoms with Crippen molar-refractivity contribution >= 4 is 16.1 Å². The summed E-state index contributed by atoms with van der Waals surface area (Å²) in [5, 5.41) is 0. The summed E-state index contributed by atoms with van der Waals surface area (Å²) in [6.07, 6.45) is -1.66. The maximum Gasteiger partial charge on any atom is 0.573 e. The molecule has 2 fully saturated rings. The highest BCUT2D eigenvalue weighted by Crippen LogP contribution is 2.40. The summed E-state index contributed by atoms with van der Waals surface area (Å²) in [5.74, 6) is -0.452. The first kappa shape index (κ1) is 27.7. The van der Waals surface area contributed by atoms with Gasteiger partial charge in [0.15, 0.2) is 5.75 Å². The van der Waals surface area contributed by atoms with E-state index in [0.717, 1.165) is 6.26 Å². The lowest BCUT2D eigenvalue weighted by Crippen LogP contribution is -2.50. The molecule has 0 spiro atoms. The van der Waals surface area contributed by atoms with E-state index in [2.05, 4.69) is 14.4 Å². The summed E-state index contributed by atoms with van der Waals surface area (Å²) < 4.78 is 86.9. The molecule has 5 rings (SSSR count). The van der Waals surface area contributed by atoms with Crippen LogP contribution in [0.15, 0.2) is 12.1 Å². The van der Waals surface area contributed by atoms with Gasteiger partial charge in [-0.25, -0.2) is 22.9 Å². The summed E-state index contributed by atoms with van der Waals surface area (Å²) in [6, 6.07) is 1.17. The smallest absolute Gasteiger partial charge is 0.478 e. The summed E-state index contributed by atoms with van der Waals surface area (Å²) in [5.41, 5.74) is 0.192. The van der Waals surface area contributed by atoms with Crippen LogP contribution in [0.3, 0.4) is 0 Å². The monoisotopic (exact) mass is 551 g/mol. The van der Waals surface area contributed by atoms with Crippen molar-refractivity contribution in [1.82, 2.24) is 14.6 Å². The van der Waals surface area contributed by atoms with Crippen LogP contribution in [0.2, 0.25) is 0 Å². The number of fused-ring (bicyclic) bond motifs is 8. The Labute approximate surface area is 213 Å². The lowest BCUT2D eigenvalue weighted by Gasteiger charge is -2.33. The molecule has 1 amide bonds. The first-order valence-corrected chi connectivity index (χ1v) is 14.2. The third kappa shape index (κ3) is 7.38. The summed E-state index contributed by atoms with van der Waals surface area (Å²) >= 11 is 0. The van der Waals surface area contributed by atoms with Crippen molar-refractivity contribution in [2.75, 3.05) is 26.1 Å². The van der Waals surface area contributed by atoms with Crippen LogP contribution in [-0.4, -0.2) is 81.1 Å². The van der Waals surface area contributed by atoms with E-state index in [1.807, 2.05) is 6.92 Å². The quantitative estimate of drug-likeness (QED) is 0.608. The maximum absolute atomic E-state index is 13.0. The minimum atomic E-state index is -4.85. The molecule has 1 aromatic rings. The van der Waals surface area contributed by atoms with Gasteiger partial charge >= 0.3 is 12.5 Å². The third-order valence-corrected chi connectivity index (χ3v) is 7.61. The highest BCUT2D eigenvalue weighted by atomic mass is 32.2. The fourth-order valence-electron chi connectivity index (χ4n) is 5.31. The second-order valence-corrected chi connectivity index (χ2v) is 11.5. The van der Waals surface area contributed by atoms with Crippen LogP contribution in [0.4, 0.5) is 18.0 Å². The van der Waals surface area contributed by atoms with Gasteiger partial charge in [0.2, 0.25) is 15.9 Å². The molecule has 0 radical (unpaired) electrons. The lowest BCUT2D eigenvalue weighted by atomic mass is 9.84. The van der Waals surface area contributed by atoms with E-state index in [-0.39, 0.29) is 55.2 Å². The summed E-state index contributed by atoms with van der Waals surface area (Å²) in [4.78, 5) is 18.8. The molecule has 0 aromatic carbocycles. The van der Waals surface area contributed by atoms with E-state index >= 15 is 0 Å². The molecule has 37 heavy (non-hydrogen) atoms. The number of ether oxygens (including phenoxy) is 4. The van der Waals surface area contributed by atoms with Crippen molar-refractivity contribution in [3.05, 3.63) is 17.8 Å². The Balaban J connectivity index is 1.55. The number of halogens is 3. The zero-order valence-electron chi connectivity index (χ0n) is 20.7. The molecule has 4 aliphatic rings. The predicted molar refractivity (Wildman–Crippen MR) is 125 cm³/mol. The zero-order chi connectivity index (χ0) is 26.8. The average Bonchev–Trinajstić information content (AvgIpc) is 3.10. The number of sulfonamides is 1. The van der Waals surface area contributed by atoms with Crippen LogP contribution in [0, 0.1) is 0 Å². The summed E-state index contributed by atoms with van der Waals surface area (Å²) in [6.45, 7) is 2.09. The molecule has 3 aliphatic heterocycles. The summed E-state index contributed by atoms with van der Waals surface area (Å²) in [7, 11) is -3.53. The SMILES string of the molecule is C[C@@H]1C[C@H](NS(C)(=O)=O)[C@@H]2COC3CCC(CC3)c3nc(ccc3OC(F)(F)F)OCCCOC(=O)N12. The van der Waals surface area contributed by atoms with Crippen LogP contribution >= 0.6 is 0 Å². The van der Waals surface area contributed by atoms with Gasteiger partial charge < -0.3 is 18.9 Å². The van der Waals surface area contributed by atoms with Gasteiger partial charge in [-0.15, -0.1) is 13.2 Å². The molecular formula is C23H32F3N3O7S. The number of pyridine rings is 1. The Bertz CT molecular complexity index is 1060. The van der Waals surface area contributed by atoms with Crippen molar-refractivity contribution in [3.63, 3.8) is 0 Å². The van der Waals surface area contributed by atoms with Crippen molar-refractivity contribution in [1.29, 1.82) is 0 Å². The van der Waals surface area contributed by atoms with Gasteiger partial charge in [-0.3, -0.25) is 4.90 Å². The molecule has 1 aromatic heterocycles. The first-order chi connectivity index (χ1) is 17.4. The fraction of sp³-hybridized carbons (Fsp3) is 0.739. The lowest BCUT2D eigenvalue weighted by molar-refractivity contribution is -0.275. The van der Waals surface area contributed by atoms with Crippen molar-refractivity contribution in [2.24, 2.45) is 0 Å². The number of nitrogens with one attached hydrogen (secondary N) is 1. The topological polar surface area (TPSA) is 116 Å². The highest BCUT2D eigenvalue weighted by molar-refractivity contribution is 7.88. The molecule has 1 saturated carbocycles. The highest BCUT2D eigenvalue weighted by Gasteiger charge is 2.44. The van der Waals surface area contributed by atoms with Crippen LogP contribution in [0.25, 0.3) is 0 Å². The van der Waals surface area contributed by atoms with E-state index in [0.29, 0.717) is 38.5 Å². The van der Waals surface area contributed by atoms with Crippen LogP contribution in [-0.2, 0) is 19.5 Å². The second-order valence-electron chi connectivity index (χ2n) is 9.76. The largest absolute Gasteiger partial charge is 0.573 e. The Morgan fingerprint density at radius 2 is 1.84 bits per heavy atom. The number of hydrogen-bond donors (Lipinski definition) is 1. The van der Waals surface area contributed by atoms with E-state index in [1.54, 1.807) is 0 Å². The van der Waals surface area contributed by atoms with E-state index in [9.17, 15) is 26.4 Å². The molecule has 14 heteroatoms. The number of hydrogen-bond acceptors (Lipinski definition) is 8. The number of aromatic nitrogens is 1. The zero-order valence-corrected chi connectivity index (χ0v) is 21.5. The van der Waals surface area contributed by atoms with Gasteiger partial charge in [0, 0.05) is 30.5 Å². The number of carbonyl (C=O) groups excluding carboxylic acids is 1. The Morgan fingerprint density at radius 1 is 1.14 bits per heavy atom. The number of carbonyl (C=O) groups is 1. The van der Waals surface area contributed by atoms with Crippen molar-refractivity contribution < 1.29 is 45.3 Å². The number of amides is 1. The van der Waals surface area contributed by atoms with Crippen LogP contribution in [0.1, 0.15) is 57.1 Å². The van der Waals surface area contributed by atoms with Gasteiger partial charge in [0.1, 0.15) is 0 Å². The van der Waals surface area contributed by atoms with Crippen molar-refractivity contribution in [2.45, 2.75) is 82.0 Å². The normalized spacial score (nSPS) is 29.7. The predicted octanol–water partition coefficient (Wildman–Crippen LogP) is 3.32. The average molecular weight is 552 g/mol. The molecule has 0 unspecified atom stereocenters.